The van der Waals surface area contributed by atoms with E-state index in [4.69, 9.17) is 11.6 Å². The Morgan fingerprint density at radius 2 is 2.00 bits per heavy atom. The highest BCUT2D eigenvalue weighted by atomic mass is 35.5. The van der Waals surface area contributed by atoms with Crippen LogP contribution in [0.1, 0.15) is 18.5 Å². The first kappa shape index (κ1) is 11.9. The van der Waals surface area contributed by atoms with Gasteiger partial charge in [-0.05, 0) is 24.6 Å². The maximum absolute atomic E-state index is 11.3. The summed E-state index contributed by atoms with van der Waals surface area (Å²) in [4.78, 5) is 11.3. The zero-order valence-electron chi connectivity index (χ0n) is 9.59. The van der Waals surface area contributed by atoms with E-state index in [0.717, 1.165) is 5.56 Å². The minimum atomic E-state index is -0.851. The predicted octanol–water partition coefficient (Wildman–Crippen LogP) is 2.40. The van der Waals surface area contributed by atoms with Crippen LogP contribution in [-0.4, -0.2) is 28.8 Å². The molecule has 0 spiro atoms. The van der Waals surface area contributed by atoms with Gasteiger partial charge in [-0.15, -0.1) is 0 Å². The Bertz CT molecular complexity index is 470. The van der Waals surface area contributed by atoms with Crippen molar-refractivity contribution >= 4 is 23.3 Å². The van der Waals surface area contributed by atoms with Crippen molar-refractivity contribution in [1.29, 1.82) is 0 Å². The number of carboxylic acids is 1. The van der Waals surface area contributed by atoms with E-state index in [1.54, 1.807) is 31.1 Å². The second-order valence-corrected chi connectivity index (χ2v) is 4.56. The third-order valence-electron chi connectivity index (χ3n) is 2.96. The predicted molar refractivity (Wildman–Crippen MR) is 66.2 cm³/mol. The van der Waals surface area contributed by atoms with Crippen molar-refractivity contribution in [3.63, 3.8) is 0 Å². The molecule has 4 nitrogen and oxygen atoms in total. The SMILES string of the molecule is CC1=NN(C)C(c2ccc(Cl)cc2)C1C(=O)O. The van der Waals surface area contributed by atoms with Crippen LogP contribution in [-0.2, 0) is 4.79 Å². The second kappa shape index (κ2) is 4.37. The lowest BCUT2D eigenvalue weighted by Crippen LogP contribution is -2.28. The van der Waals surface area contributed by atoms with Crippen molar-refractivity contribution in [3.05, 3.63) is 34.9 Å². The van der Waals surface area contributed by atoms with Crippen molar-refractivity contribution < 1.29 is 9.90 Å². The molecular formula is C12H13ClN2O2. The first-order chi connectivity index (χ1) is 8.00. The Balaban J connectivity index is 2.37. The first-order valence-corrected chi connectivity index (χ1v) is 5.64. The van der Waals surface area contributed by atoms with Crippen LogP contribution >= 0.6 is 11.6 Å². The summed E-state index contributed by atoms with van der Waals surface area (Å²) in [6.07, 6.45) is 0. The van der Waals surface area contributed by atoms with Crippen LogP contribution in [0.25, 0.3) is 0 Å². The molecule has 2 atom stereocenters. The smallest absolute Gasteiger partial charge is 0.314 e. The van der Waals surface area contributed by atoms with Gasteiger partial charge in [0.05, 0.1) is 11.8 Å². The highest BCUT2D eigenvalue weighted by Crippen LogP contribution is 2.34. The van der Waals surface area contributed by atoms with Crippen molar-refractivity contribution in [2.24, 2.45) is 11.0 Å². The summed E-state index contributed by atoms with van der Waals surface area (Å²) in [6, 6.07) is 6.94. The Labute approximate surface area is 104 Å². The monoisotopic (exact) mass is 252 g/mol. The molecule has 1 aliphatic rings. The number of carbonyl (C=O) groups is 1. The van der Waals surface area contributed by atoms with E-state index in [1.165, 1.54) is 0 Å². The summed E-state index contributed by atoms with van der Waals surface area (Å²) in [7, 11) is 1.78. The molecule has 0 amide bonds. The number of aliphatic carboxylic acids is 1. The Morgan fingerprint density at radius 3 is 2.53 bits per heavy atom. The van der Waals surface area contributed by atoms with Crippen molar-refractivity contribution in [2.75, 3.05) is 7.05 Å². The summed E-state index contributed by atoms with van der Waals surface area (Å²) < 4.78 is 0. The first-order valence-electron chi connectivity index (χ1n) is 5.27. The number of benzene rings is 1. The van der Waals surface area contributed by atoms with Gasteiger partial charge in [0.15, 0.2) is 0 Å². The normalized spacial score (nSPS) is 23.7. The van der Waals surface area contributed by atoms with Crippen LogP contribution in [0.2, 0.25) is 5.02 Å². The number of rotatable bonds is 2. The van der Waals surface area contributed by atoms with Crippen LogP contribution < -0.4 is 0 Å². The van der Waals surface area contributed by atoms with Gasteiger partial charge in [0.2, 0.25) is 0 Å². The van der Waals surface area contributed by atoms with Gasteiger partial charge in [0.25, 0.3) is 0 Å². The van der Waals surface area contributed by atoms with Crippen molar-refractivity contribution in [1.82, 2.24) is 5.01 Å². The highest BCUT2D eigenvalue weighted by Gasteiger charge is 2.39. The van der Waals surface area contributed by atoms with E-state index >= 15 is 0 Å². The van der Waals surface area contributed by atoms with Gasteiger partial charge >= 0.3 is 5.97 Å². The molecule has 2 unspecified atom stereocenters. The average molecular weight is 253 g/mol. The fourth-order valence-electron chi connectivity index (χ4n) is 2.20. The largest absolute Gasteiger partial charge is 0.481 e. The summed E-state index contributed by atoms with van der Waals surface area (Å²) in [5.41, 5.74) is 1.53. The molecular weight excluding hydrogens is 240 g/mol. The molecule has 0 saturated heterocycles. The molecule has 5 heteroatoms. The van der Waals surface area contributed by atoms with Gasteiger partial charge < -0.3 is 5.11 Å². The number of halogens is 1. The van der Waals surface area contributed by atoms with E-state index < -0.39 is 11.9 Å². The average Bonchev–Trinajstić information content (AvgIpc) is 2.55. The molecule has 1 N–H and O–H groups in total. The molecule has 0 radical (unpaired) electrons. The second-order valence-electron chi connectivity index (χ2n) is 4.13. The summed E-state index contributed by atoms with van der Waals surface area (Å²) in [5.74, 6) is -1.45. The van der Waals surface area contributed by atoms with E-state index in [1.807, 2.05) is 12.1 Å². The van der Waals surface area contributed by atoms with Crippen LogP contribution in [0.5, 0.6) is 0 Å². The van der Waals surface area contributed by atoms with Crippen LogP contribution in [0.3, 0.4) is 0 Å². The molecule has 0 aromatic heterocycles. The fraction of sp³-hybridized carbons (Fsp3) is 0.333. The standard InChI is InChI=1S/C12H13ClN2O2/c1-7-10(12(16)17)11(15(2)14-7)8-3-5-9(13)6-4-8/h3-6,10-11H,1-2H3,(H,16,17). The third-order valence-corrected chi connectivity index (χ3v) is 3.21. The van der Waals surface area contributed by atoms with E-state index in [2.05, 4.69) is 5.10 Å². The number of hydrazone groups is 1. The summed E-state index contributed by atoms with van der Waals surface area (Å²) >= 11 is 5.82. The lowest BCUT2D eigenvalue weighted by atomic mass is 9.91. The molecule has 0 saturated carbocycles. The zero-order chi connectivity index (χ0) is 12.6. The molecule has 1 heterocycles. The topological polar surface area (TPSA) is 52.9 Å². The minimum absolute atomic E-state index is 0.259. The minimum Gasteiger partial charge on any atom is -0.481 e. The molecule has 0 aliphatic carbocycles. The van der Waals surface area contributed by atoms with Gasteiger partial charge in [0, 0.05) is 12.1 Å². The maximum Gasteiger partial charge on any atom is 0.314 e. The lowest BCUT2D eigenvalue weighted by molar-refractivity contribution is -0.140. The molecule has 1 aromatic carbocycles. The van der Waals surface area contributed by atoms with Gasteiger partial charge in [-0.25, -0.2) is 0 Å². The van der Waals surface area contributed by atoms with Gasteiger partial charge in [0.1, 0.15) is 5.92 Å². The maximum atomic E-state index is 11.3. The number of nitrogens with zero attached hydrogens (tertiary/aromatic N) is 2. The number of carboxylic acid groups (broad SMARTS) is 1. The Morgan fingerprint density at radius 1 is 1.41 bits per heavy atom. The van der Waals surface area contributed by atoms with E-state index in [9.17, 15) is 9.90 Å². The molecule has 90 valence electrons. The molecule has 0 bridgehead atoms. The van der Waals surface area contributed by atoms with Crippen molar-refractivity contribution in [2.45, 2.75) is 13.0 Å². The Hall–Kier alpha value is -1.55. The third kappa shape index (κ3) is 2.13. The molecule has 2 rings (SSSR count). The van der Waals surface area contributed by atoms with Crippen LogP contribution in [0.4, 0.5) is 0 Å². The lowest BCUT2D eigenvalue weighted by Gasteiger charge is -2.23. The molecule has 0 fully saturated rings. The fourth-order valence-corrected chi connectivity index (χ4v) is 2.33. The van der Waals surface area contributed by atoms with Gasteiger partial charge in [-0.2, -0.15) is 5.10 Å². The van der Waals surface area contributed by atoms with Gasteiger partial charge in [-0.1, -0.05) is 23.7 Å². The number of hydrogen-bond acceptors (Lipinski definition) is 3. The number of hydrogen-bond donors (Lipinski definition) is 1. The summed E-state index contributed by atoms with van der Waals surface area (Å²) in [5, 5.41) is 15.8. The van der Waals surface area contributed by atoms with E-state index in [-0.39, 0.29) is 6.04 Å². The zero-order valence-corrected chi connectivity index (χ0v) is 10.3. The van der Waals surface area contributed by atoms with Crippen LogP contribution in [0, 0.1) is 5.92 Å². The van der Waals surface area contributed by atoms with Crippen molar-refractivity contribution in [3.8, 4) is 0 Å². The summed E-state index contributed by atoms with van der Waals surface area (Å²) in [6.45, 7) is 1.74. The van der Waals surface area contributed by atoms with Crippen LogP contribution in [0.15, 0.2) is 29.4 Å². The van der Waals surface area contributed by atoms with Gasteiger partial charge in [-0.3, -0.25) is 9.80 Å². The Kier molecular flexibility index (Phi) is 3.07. The molecule has 1 aliphatic heterocycles. The molecule has 17 heavy (non-hydrogen) atoms. The quantitative estimate of drug-likeness (QED) is 0.879. The highest BCUT2D eigenvalue weighted by molar-refractivity contribution is 6.30. The molecule has 1 aromatic rings. The van der Waals surface area contributed by atoms with E-state index in [0.29, 0.717) is 10.7 Å².